The fraction of sp³-hybridized carbons (Fsp3) is 0.375. The van der Waals surface area contributed by atoms with E-state index >= 15 is 0 Å². The fourth-order valence-corrected chi connectivity index (χ4v) is 1.82. The smallest absolute Gasteiger partial charge is 0.177 e. The predicted octanol–water partition coefficient (Wildman–Crippen LogP) is 3.42. The van der Waals surface area contributed by atoms with Crippen LogP contribution in [0.4, 0.5) is 0 Å². The van der Waals surface area contributed by atoms with Gasteiger partial charge in [-0.3, -0.25) is 0 Å². The molecule has 0 aliphatic carbocycles. The van der Waals surface area contributed by atoms with Gasteiger partial charge in [0.15, 0.2) is 6.29 Å². The monoisotopic (exact) mass is 260 g/mol. The lowest BCUT2D eigenvalue weighted by molar-refractivity contribution is -0.150. The number of methoxy groups -OCH3 is 1. The van der Waals surface area contributed by atoms with Crippen molar-refractivity contribution in [1.29, 1.82) is 0 Å². The minimum Gasteiger partial charge on any atom is -0.497 e. The Kier molecular flexibility index (Phi) is 5.19. The highest BCUT2D eigenvalue weighted by atomic mass is 16.7. The topological polar surface area (TPSA) is 27.7 Å². The van der Waals surface area contributed by atoms with Gasteiger partial charge < -0.3 is 14.2 Å². The Balaban J connectivity index is 1.94. The molecule has 1 aromatic carbocycles. The largest absolute Gasteiger partial charge is 0.497 e. The highest BCUT2D eigenvalue weighted by molar-refractivity contribution is 5.53. The van der Waals surface area contributed by atoms with Gasteiger partial charge in [0.25, 0.3) is 0 Å². The Bertz CT molecular complexity index is 440. The number of allylic oxidation sites excluding steroid dienone is 2. The molecule has 0 atom stereocenters. The number of hydrogen-bond donors (Lipinski definition) is 0. The highest BCUT2D eigenvalue weighted by Crippen LogP contribution is 2.14. The minimum atomic E-state index is -0.200. The van der Waals surface area contributed by atoms with Gasteiger partial charge in [0, 0.05) is 0 Å². The first-order valence-corrected chi connectivity index (χ1v) is 6.52. The average Bonchev–Trinajstić information content (AvgIpc) is 2.47. The standard InChI is InChI=1S/C16H20O3/c1-13(12-16-18-10-3-11-19-16)4-5-14-6-8-15(17-2)9-7-14/h4-9,12,16H,3,10-11H2,1-2H3/b5-4+,13-12+. The van der Waals surface area contributed by atoms with Crippen LogP contribution < -0.4 is 4.74 Å². The van der Waals surface area contributed by atoms with Crippen molar-refractivity contribution in [3.8, 4) is 5.75 Å². The predicted molar refractivity (Wildman–Crippen MR) is 76.1 cm³/mol. The molecule has 1 saturated heterocycles. The van der Waals surface area contributed by atoms with E-state index in [9.17, 15) is 0 Å². The lowest BCUT2D eigenvalue weighted by Gasteiger charge is -2.20. The lowest BCUT2D eigenvalue weighted by Crippen LogP contribution is -2.22. The van der Waals surface area contributed by atoms with Gasteiger partial charge in [-0.15, -0.1) is 0 Å². The third kappa shape index (κ3) is 4.54. The molecule has 0 N–H and O–H groups in total. The molecule has 0 bridgehead atoms. The Hall–Kier alpha value is -1.58. The van der Waals surface area contributed by atoms with Crippen LogP contribution in [0.25, 0.3) is 6.08 Å². The van der Waals surface area contributed by atoms with E-state index in [1.54, 1.807) is 7.11 Å². The van der Waals surface area contributed by atoms with Crippen LogP contribution in [0, 0.1) is 0 Å². The molecular weight excluding hydrogens is 240 g/mol. The van der Waals surface area contributed by atoms with Crippen LogP contribution in [0.5, 0.6) is 5.75 Å². The van der Waals surface area contributed by atoms with Gasteiger partial charge in [-0.25, -0.2) is 0 Å². The Labute approximate surface area is 114 Å². The third-order valence-electron chi connectivity index (χ3n) is 2.91. The van der Waals surface area contributed by atoms with Crippen LogP contribution >= 0.6 is 0 Å². The van der Waals surface area contributed by atoms with Crippen LogP contribution in [-0.2, 0) is 9.47 Å². The minimum absolute atomic E-state index is 0.200. The summed E-state index contributed by atoms with van der Waals surface area (Å²) in [6.07, 6.45) is 6.90. The molecule has 0 saturated carbocycles. The summed E-state index contributed by atoms with van der Waals surface area (Å²) in [4.78, 5) is 0. The Morgan fingerprint density at radius 2 is 1.89 bits per heavy atom. The van der Waals surface area contributed by atoms with E-state index in [0.717, 1.165) is 36.5 Å². The molecule has 19 heavy (non-hydrogen) atoms. The summed E-state index contributed by atoms with van der Waals surface area (Å²) in [6.45, 7) is 3.59. The molecule has 0 spiro atoms. The number of benzene rings is 1. The molecule has 0 unspecified atom stereocenters. The summed E-state index contributed by atoms with van der Waals surface area (Å²) in [7, 11) is 1.67. The van der Waals surface area contributed by atoms with Crippen molar-refractivity contribution in [2.45, 2.75) is 19.6 Å². The first kappa shape index (κ1) is 13.8. The first-order valence-electron chi connectivity index (χ1n) is 6.52. The summed E-state index contributed by atoms with van der Waals surface area (Å²) in [5.41, 5.74) is 2.27. The van der Waals surface area contributed by atoms with Gasteiger partial charge >= 0.3 is 0 Å². The van der Waals surface area contributed by atoms with Crippen molar-refractivity contribution in [1.82, 2.24) is 0 Å². The van der Waals surface area contributed by atoms with Crippen LogP contribution in [0.3, 0.4) is 0 Å². The second-order valence-corrected chi connectivity index (χ2v) is 4.48. The fourth-order valence-electron chi connectivity index (χ4n) is 1.82. The maximum Gasteiger partial charge on any atom is 0.177 e. The molecule has 1 aromatic rings. The quantitative estimate of drug-likeness (QED) is 0.776. The molecule has 1 aliphatic heterocycles. The summed E-state index contributed by atoms with van der Waals surface area (Å²) in [6, 6.07) is 7.95. The van der Waals surface area contributed by atoms with E-state index in [0.29, 0.717) is 0 Å². The second kappa shape index (κ2) is 7.12. The van der Waals surface area contributed by atoms with Crippen molar-refractivity contribution in [3.63, 3.8) is 0 Å². The number of hydrogen-bond acceptors (Lipinski definition) is 3. The van der Waals surface area contributed by atoms with E-state index in [2.05, 4.69) is 12.2 Å². The normalized spacial score (nSPS) is 17.9. The zero-order chi connectivity index (χ0) is 13.5. The molecule has 3 heteroatoms. The van der Waals surface area contributed by atoms with Gasteiger partial charge in [-0.2, -0.15) is 0 Å². The summed E-state index contributed by atoms with van der Waals surface area (Å²) < 4.78 is 16.1. The third-order valence-corrected chi connectivity index (χ3v) is 2.91. The molecule has 1 aliphatic rings. The van der Waals surface area contributed by atoms with Crippen LogP contribution in [0.1, 0.15) is 18.9 Å². The molecule has 0 amide bonds. The molecule has 0 radical (unpaired) electrons. The van der Waals surface area contributed by atoms with E-state index in [4.69, 9.17) is 14.2 Å². The van der Waals surface area contributed by atoms with E-state index in [-0.39, 0.29) is 6.29 Å². The van der Waals surface area contributed by atoms with Crippen molar-refractivity contribution >= 4 is 6.08 Å². The van der Waals surface area contributed by atoms with Gasteiger partial charge in [0.2, 0.25) is 0 Å². The maximum atomic E-state index is 5.48. The van der Waals surface area contributed by atoms with Crippen molar-refractivity contribution < 1.29 is 14.2 Å². The second-order valence-electron chi connectivity index (χ2n) is 4.48. The van der Waals surface area contributed by atoms with E-state index in [1.807, 2.05) is 37.3 Å². The molecule has 102 valence electrons. The van der Waals surface area contributed by atoms with Gasteiger partial charge in [0.1, 0.15) is 5.75 Å². The Morgan fingerprint density at radius 1 is 1.21 bits per heavy atom. The molecule has 2 rings (SSSR count). The van der Waals surface area contributed by atoms with Crippen molar-refractivity contribution in [3.05, 3.63) is 47.6 Å². The van der Waals surface area contributed by atoms with Crippen LogP contribution in [0.15, 0.2) is 42.0 Å². The lowest BCUT2D eigenvalue weighted by atomic mass is 10.1. The first-order chi connectivity index (χ1) is 9.28. The number of rotatable bonds is 4. The van der Waals surface area contributed by atoms with Gasteiger partial charge in [-0.05, 0) is 37.1 Å². The summed E-state index contributed by atoms with van der Waals surface area (Å²) in [5.74, 6) is 0.869. The average molecular weight is 260 g/mol. The molecular formula is C16H20O3. The molecule has 0 aromatic heterocycles. The molecule has 1 fully saturated rings. The van der Waals surface area contributed by atoms with Crippen LogP contribution in [-0.4, -0.2) is 26.6 Å². The summed E-state index contributed by atoms with van der Waals surface area (Å²) in [5, 5.41) is 0. The zero-order valence-corrected chi connectivity index (χ0v) is 11.5. The maximum absolute atomic E-state index is 5.48. The molecule has 3 nitrogen and oxygen atoms in total. The molecule has 1 heterocycles. The summed E-state index contributed by atoms with van der Waals surface area (Å²) >= 11 is 0. The van der Waals surface area contributed by atoms with Crippen LogP contribution in [0.2, 0.25) is 0 Å². The van der Waals surface area contributed by atoms with E-state index in [1.165, 1.54) is 0 Å². The van der Waals surface area contributed by atoms with Crippen molar-refractivity contribution in [2.24, 2.45) is 0 Å². The highest BCUT2D eigenvalue weighted by Gasteiger charge is 2.10. The van der Waals surface area contributed by atoms with Crippen molar-refractivity contribution in [2.75, 3.05) is 20.3 Å². The SMILES string of the molecule is COc1ccc(/C=C/C(C)=C/C2OCCCO2)cc1. The van der Waals surface area contributed by atoms with Gasteiger partial charge in [0.05, 0.1) is 20.3 Å². The number of ether oxygens (including phenoxy) is 3. The van der Waals surface area contributed by atoms with E-state index < -0.39 is 0 Å². The Morgan fingerprint density at radius 3 is 2.53 bits per heavy atom. The zero-order valence-electron chi connectivity index (χ0n) is 11.5. The van der Waals surface area contributed by atoms with Gasteiger partial charge in [-0.1, -0.05) is 29.9 Å².